The van der Waals surface area contributed by atoms with E-state index in [0.717, 1.165) is 81.7 Å². The van der Waals surface area contributed by atoms with Gasteiger partial charge < -0.3 is 49.3 Å². The summed E-state index contributed by atoms with van der Waals surface area (Å²) < 4.78 is 21.0. The number of aromatic amines is 2. The van der Waals surface area contributed by atoms with Gasteiger partial charge in [-0.15, -0.1) is 0 Å². The van der Waals surface area contributed by atoms with Gasteiger partial charge in [-0.05, 0) is 103 Å². The quantitative estimate of drug-likeness (QED) is 0.108. The van der Waals surface area contributed by atoms with Gasteiger partial charge in [0.15, 0.2) is 0 Å². The smallest absolute Gasteiger partial charge is 0.407 e. The molecule has 66 heavy (non-hydrogen) atoms. The van der Waals surface area contributed by atoms with E-state index in [2.05, 4.69) is 81.3 Å². The molecule has 6 aliphatic rings. The average Bonchev–Trinajstić information content (AvgIpc) is 3.94. The highest BCUT2D eigenvalue weighted by Crippen LogP contribution is 2.55. The first-order valence-electron chi connectivity index (χ1n) is 23.5. The van der Waals surface area contributed by atoms with Crippen molar-refractivity contribution in [2.24, 2.45) is 23.7 Å². The predicted octanol–water partition coefficient (Wildman–Crippen LogP) is 6.91. The number of piperidine rings is 2. The molecule has 2 saturated carbocycles. The maximum Gasteiger partial charge on any atom is 0.407 e. The van der Waals surface area contributed by atoms with E-state index in [0.29, 0.717) is 63.9 Å². The van der Waals surface area contributed by atoms with Gasteiger partial charge in [0.1, 0.15) is 23.7 Å². The van der Waals surface area contributed by atoms with E-state index in [9.17, 15) is 19.2 Å². The van der Waals surface area contributed by atoms with Crippen LogP contribution in [-0.4, -0.2) is 119 Å². The van der Waals surface area contributed by atoms with Crippen molar-refractivity contribution in [3.63, 3.8) is 0 Å². The third-order valence-electron chi connectivity index (χ3n) is 15.2. The van der Waals surface area contributed by atoms with Crippen molar-refractivity contribution in [1.82, 2.24) is 40.4 Å². The molecule has 0 bridgehead atoms. The monoisotopic (exact) mass is 896 g/mol. The van der Waals surface area contributed by atoms with Crippen molar-refractivity contribution in [2.75, 3.05) is 40.6 Å². The van der Waals surface area contributed by atoms with Crippen molar-refractivity contribution in [3.05, 3.63) is 84.7 Å². The van der Waals surface area contributed by atoms with Crippen LogP contribution >= 0.6 is 0 Å². The Hall–Kier alpha value is -6.26. The molecular weight excluding hydrogens is 841 g/mol. The van der Waals surface area contributed by atoms with Crippen molar-refractivity contribution in [2.45, 2.75) is 87.6 Å². The number of hydrogen-bond donors (Lipinski definition) is 4. The molecule has 11 rings (SSSR count). The fourth-order valence-corrected chi connectivity index (χ4v) is 11.5. The second kappa shape index (κ2) is 17.5. The molecule has 16 heteroatoms. The number of alkyl carbamates (subject to hydrolysis) is 2. The van der Waals surface area contributed by atoms with Crippen LogP contribution in [0.2, 0.25) is 0 Å². The second-order valence-corrected chi connectivity index (χ2v) is 18.9. The van der Waals surface area contributed by atoms with Gasteiger partial charge >= 0.3 is 12.2 Å². The van der Waals surface area contributed by atoms with E-state index in [4.69, 9.17) is 28.9 Å². The van der Waals surface area contributed by atoms with Crippen LogP contribution in [0.3, 0.4) is 0 Å². The number of carbonyl (C=O) groups is 4. The first kappa shape index (κ1) is 42.4. The number of ether oxygens (including phenoxy) is 4. The predicted molar refractivity (Wildman–Crippen MR) is 242 cm³/mol. The molecule has 2 aromatic heterocycles. The zero-order chi connectivity index (χ0) is 45.1. The SMILES string of the molecule is COC(=O)NC(C(=O)N1[C@@H]2C[C@@H]2C[C@H]1c1ncc(-c2cccc3c(-c4ccc(-c5cnc([C@@H]6C[C@H]7C[C@H]7N6C(=O)[C@@H](NC(=O)OC)C6CCOCC6)[nH]5)cc4)cccc23)[nH]1)C1CCOCC1. The molecule has 5 aromatic rings. The topological polar surface area (TPSA) is 193 Å². The Kier molecular flexibility index (Phi) is 11.2. The van der Waals surface area contributed by atoms with E-state index in [1.807, 2.05) is 22.2 Å². The molecule has 4 amide bonds. The molecule has 4 N–H and O–H groups in total. The molecule has 4 saturated heterocycles. The normalized spacial score (nSPS) is 25.7. The summed E-state index contributed by atoms with van der Waals surface area (Å²) in [5.74, 6) is 2.12. The average molecular weight is 897 g/mol. The highest BCUT2D eigenvalue weighted by molar-refractivity contribution is 6.04. The fourth-order valence-electron chi connectivity index (χ4n) is 11.5. The number of amides is 4. The first-order chi connectivity index (χ1) is 32.3. The maximum atomic E-state index is 14.4. The van der Waals surface area contributed by atoms with Crippen molar-refractivity contribution in [1.29, 1.82) is 0 Å². The lowest BCUT2D eigenvalue weighted by molar-refractivity contribution is -0.138. The number of likely N-dealkylation sites (tertiary alicyclic amines) is 2. The number of benzene rings is 3. The highest BCUT2D eigenvalue weighted by atomic mass is 16.5. The lowest BCUT2D eigenvalue weighted by Gasteiger charge is -2.35. The molecule has 1 unspecified atom stereocenters. The van der Waals surface area contributed by atoms with E-state index >= 15 is 0 Å². The second-order valence-electron chi connectivity index (χ2n) is 18.9. The maximum absolute atomic E-state index is 14.4. The first-order valence-corrected chi connectivity index (χ1v) is 23.5. The van der Waals surface area contributed by atoms with E-state index in [1.165, 1.54) is 14.2 Å². The number of rotatable bonds is 11. The summed E-state index contributed by atoms with van der Waals surface area (Å²) >= 11 is 0. The Morgan fingerprint density at radius 3 is 1.58 bits per heavy atom. The zero-order valence-electron chi connectivity index (χ0n) is 37.2. The third kappa shape index (κ3) is 7.86. The van der Waals surface area contributed by atoms with E-state index < -0.39 is 24.3 Å². The van der Waals surface area contributed by atoms with Crippen LogP contribution in [0.25, 0.3) is 44.4 Å². The van der Waals surface area contributed by atoms with Crippen LogP contribution in [0.5, 0.6) is 0 Å². The Balaban J connectivity index is 0.814. The summed E-state index contributed by atoms with van der Waals surface area (Å²) in [7, 11) is 2.64. The molecular formula is C50H56N8O8. The number of carbonyl (C=O) groups excluding carboxylic acids is 4. The number of nitrogens with one attached hydrogen (secondary N) is 4. The number of imidazole rings is 2. The molecule has 2 aliphatic carbocycles. The molecule has 4 aliphatic heterocycles. The fraction of sp³-hybridized carbons (Fsp3) is 0.480. The Morgan fingerprint density at radius 2 is 1.06 bits per heavy atom. The standard InChI is InChI=1S/C50H56N8O8/c1-63-49(61)55-43(29-13-17-65-18-14-29)47(59)57-39-21-31(39)23-41(57)45-51-25-37(53-45)28-11-9-27(10-12-28)33-5-3-7-35-34(33)6-4-8-36(35)38-26-52-46(54-38)42-24-32-22-40(32)58(42)48(60)44(56-50(62)64-2)30-15-19-66-20-16-30/h3-12,25-26,29-32,39-44H,13-24H2,1-2H3,(H,51,53)(H,52,54)(H,55,61)(H,56,62)/t31-,32-,39-,40-,41+,42+,43+,44?/m1/s1. The van der Waals surface area contributed by atoms with Gasteiger partial charge in [0.05, 0.1) is 50.1 Å². The lowest BCUT2D eigenvalue weighted by Crippen LogP contribution is -2.54. The zero-order valence-corrected chi connectivity index (χ0v) is 37.2. The van der Waals surface area contributed by atoms with Crippen LogP contribution in [0.15, 0.2) is 73.1 Å². The van der Waals surface area contributed by atoms with Gasteiger partial charge in [0, 0.05) is 44.1 Å². The number of hydrogen-bond acceptors (Lipinski definition) is 10. The van der Waals surface area contributed by atoms with Crippen LogP contribution in [-0.2, 0) is 28.5 Å². The third-order valence-corrected chi connectivity index (χ3v) is 15.2. The molecule has 344 valence electrons. The van der Waals surface area contributed by atoms with Crippen molar-refractivity contribution >= 4 is 34.8 Å². The molecule has 16 nitrogen and oxygen atoms in total. The van der Waals surface area contributed by atoms with Crippen LogP contribution < -0.4 is 10.6 Å². The number of nitrogens with zero attached hydrogens (tertiary/aromatic N) is 4. The number of methoxy groups -OCH3 is 2. The lowest BCUT2D eigenvalue weighted by atomic mass is 9.90. The van der Waals surface area contributed by atoms with E-state index in [-0.39, 0.29) is 47.8 Å². The number of aromatic nitrogens is 4. The van der Waals surface area contributed by atoms with Gasteiger partial charge in [0.25, 0.3) is 0 Å². The Morgan fingerprint density at radius 1 is 0.606 bits per heavy atom. The molecule has 0 spiro atoms. The van der Waals surface area contributed by atoms with Gasteiger partial charge in [-0.25, -0.2) is 19.6 Å². The number of fused-ring (bicyclic) bond motifs is 3. The summed E-state index contributed by atoms with van der Waals surface area (Å²) in [6, 6.07) is 19.6. The molecule has 6 heterocycles. The summed E-state index contributed by atoms with van der Waals surface area (Å²) in [4.78, 5) is 74.4. The number of H-pyrrole nitrogens is 2. The molecule has 3 aromatic carbocycles. The molecule has 6 fully saturated rings. The molecule has 8 atom stereocenters. The van der Waals surface area contributed by atoms with Crippen LogP contribution in [0.1, 0.15) is 75.1 Å². The summed E-state index contributed by atoms with van der Waals surface area (Å²) in [5.41, 5.74) is 5.89. The minimum atomic E-state index is -0.689. The minimum absolute atomic E-state index is 0.0287. The summed E-state index contributed by atoms with van der Waals surface area (Å²) in [5, 5.41) is 7.91. The summed E-state index contributed by atoms with van der Waals surface area (Å²) in [6.07, 6.45) is 8.87. The van der Waals surface area contributed by atoms with Crippen molar-refractivity contribution < 1.29 is 38.1 Å². The summed E-state index contributed by atoms with van der Waals surface area (Å²) in [6.45, 7) is 2.24. The van der Waals surface area contributed by atoms with Crippen LogP contribution in [0, 0.1) is 23.7 Å². The van der Waals surface area contributed by atoms with Gasteiger partial charge in [0.2, 0.25) is 11.8 Å². The van der Waals surface area contributed by atoms with Crippen molar-refractivity contribution in [3.8, 4) is 33.6 Å². The van der Waals surface area contributed by atoms with Gasteiger partial charge in [-0.2, -0.15) is 0 Å². The Labute approximate surface area is 382 Å². The minimum Gasteiger partial charge on any atom is -0.453 e. The van der Waals surface area contributed by atoms with Gasteiger partial charge in [-0.3, -0.25) is 9.59 Å². The van der Waals surface area contributed by atoms with Crippen LogP contribution in [0.4, 0.5) is 9.59 Å². The Bertz CT molecular complexity index is 2640. The van der Waals surface area contributed by atoms with Gasteiger partial charge in [-0.1, -0.05) is 60.7 Å². The molecule has 0 radical (unpaired) electrons. The largest absolute Gasteiger partial charge is 0.453 e. The highest BCUT2D eigenvalue weighted by Gasteiger charge is 2.58. The van der Waals surface area contributed by atoms with E-state index in [1.54, 1.807) is 0 Å².